The molecule has 3 heterocycles. The second-order valence-electron chi connectivity index (χ2n) is 9.31. The molecule has 3 N–H and O–H groups in total. The van der Waals surface area contributed by atoms with Gasteiger partial charge in [0.2, 0.25) is 5.82 Å². The van der Waals surface area contributed by atoms with Gasteiger partial charge in [-0.3, -0.25) is 4.98 Å². The summed E-state index contributed by atoms with van der Waals surface area (Å²) in [6.07, 6.45) is 2.73. The van der Waals surface area contributed by atoms with Crippen LogP contribution in [0.5, 0.6) is 0 Å². The number of hydrogen-bond donors (Lipinski definition) is 3. The summed E-state index contributed by atoms with van der Waals surface area (Å²) < 4.78 is 71.1. The lowest BCUT2D eigenvalue weighted by atomic mass is 9.63. The molecule has 0 saturated carbocycles. The molecule has 1 aromatic carbocycles. The van der Waals surface area contributed by atoms with Gasteiger partial charge in [0.05, 0.1) is 0 Å². The van der Waals surface area contributed by atoms with E-state index in [1.54, 1.807) is 6.92 Å². The molecule has 7 nitrogen and oxygen atoms in total. The highest BCUT2D eigenvalue weighted by atomic mass is 32.5. The van der Waals surface area contributed by atoms with Crippen LogP contribution in [0.2, 0.25) is 0 Å². The van der Waals surface area contributed by atoms with Crippen LogP contribution in [0.4, 0.5) is 19.4 Å². The van der Waals surface area contributed by atoms with Gasteiger partial charge < -0.3 is 20.1 Å². The molecular weight excluding hydrogens is 483 g/mol. The molecule has 0 spiro atoms. The first-order chi connectivity index (χ1) is 15.3. The number of aliphatic hydroxyl groups is 2. The number of nitrogens with one attached hydrogen (secondary N) is 1. The molecule has 34 heavy (non-hydrogen) atoms. The van der Waals surface area contributed by atoms with Crippen LogP contribution in [0.1, 0.15) is 37.8 Å². The van der Waals surface area contributed by atoms with E-state index in [1.807, 2.05) is 0 Å². The number of hydrogen-bond acceptors (Lipinski definition) is 7. The van der Waals surface area contributed by atoms with Crippen molar-refractivity contribution in [2.24, 2.45) is 5.41 Å². The van der Waals surface area contributed by atoms with E-state index in [-0.39, 0.29) is 35.0 Å². The van der Waals surface area contributed by atoms with Crippen molar-refractivity contribution in [1.29, 1.82) is 0 Å². The average molecular weight is 506 g/mol. The molecule has 2 aromatic heterocycles. The second-order valence-corrected chi connectivity index (χ2v) is 11.7. The quantitative estimate of drug-likeness (QED) is 0.410. The number of pyridine rings is 1. The molecule has 1 fully saturated rings. The van der Waals surface area contributed by atoms with Gasteiger partial charge in [-0.15, -0.1) is 0 Å². The third-order valence-corrected chi connectivity index (χ3v) is 7.15. The summed E-state index contributed by atoms with van der Waals surface area (Å²) in [5.41, 5.74) is -3.67. The van der Waals surface area contributed by atoms with Crippen LogP contribution in [0, 0.1) is 5.41 Å². The van der Waals surface area contributed by atoms with E-state index >= 15 is 0 Å². The van der Waals surface area contributed by atoms with Gasteiger partial charge in [0, 0.05) is 42.0 Å². The van der Waals surface area contributed by atoms with E-state index in [1.165, 1.54) is 32.3 Å². The van der Waals surface area contributed by atoms with Gasteiger partial charge in [-0.25, -0.2) is 0 Å². The molecule has 1 atom stereocenters. The zero-order valence-electron chi connectivity index (χ0n) is 18.4. The number of benzene rings is 1. The highest BCUT2D eigenvalue weighted by Crippen LogP contribution is 3.02. The average Bonchev–Trinajstić information content (AvgIpc) is 3.21. The van der Waals surface area contributed by atoms with Crippen molar-refractivity contribution in [1.82, 2.24) is 20.4 Å². The SMILES string of the molecule is CC(C)(O)c1nc(-c2cncc([C@@](O)(c3ccc(S(F)(F)(F)(F)F)cc3)C3(C)CNC3)c2)no1. The van der Waals surface area contributed by atoms with E-state index in [2.05, 4.69) is 20.4 Å². The van der Waals surface area contributed by atoms with E-state index in [0.717, 1.165) is 12.1 Å². The number of aromatic nitrogens is 3. The Kier molecular flexibility index (Phi) is 4.86. The summed E-state index contributed by atoms with van der Waals surface area (Å²) >= 11 is 0. The highest BCUT2D eigenvalue weighted by Gasteiger charge is 2.65. The van der Waals surface area contributed by atoms with Crippen LogP contribution in [-0.2, 0) is 11.2 Å². The Morgan fingerprint density at radius 3 is 2.09 bits per heavy atom. The molecule has 0 radical (unpaired) electrons. The molecule has 186 valence electrons. The van der Waals surface area contributed by atoms with Crippen molar-refractivity contribution in [3.8, 4) is 11.4 Å². The zero-order chi connectivity index (χ0) is 25.3. The third-order valence-electron chi connectivity index (χ3n) is 5.98. The highest BCUT2D eigenvalue weighted by molar-refractivity contribution is 8.45. The minimum absolute atomic E-state index is 0.00802. The summed E-state index contributed by atoms with van der Waals surface area (Å²) in [4.78, 5) is 6.21. The zero-order valence-corrected chi connectivity index (χ0v) is 19.2. The predicted octanol–water partition coefficient (Wildman–Crippen LogP) is 4.86. The molecule has 1 aliphatic rings. The molecule has 1 saturated heterocycles. The summed E-state index contributed by atoms with van der Waals surface area (Å²) in [6.45, 7) is 5.25. The van der Waals surface area contributed by atoms with Crippen LogP contribution >= 0.6 is 10.2 Å². The fourth-order valence-corrected chi connectivity index (χ4v) is 4.57. The minimum Gasteiger partial charge on any atom is -0.381 e. The first-order valence-corrected chi connectivity index (χ1v) is 12.1. The molecule has 4 rings (SSSR count). The summed E-state index contributed by atoms with van der Waals surface area (Å²) in [5, 5.41) is 28.8. The second kappa shape index (κ2) is 6.74. The molecule has 0 bridgehead atoms. The summed E-state index contributed by atoms with van der Waals surface area (Å²) in [5.74, 6) is 0.0203. The monoisotopic (exact) mass is 506 g/mol. The largest absolute Gasteiger partial charge is 0.381 e. The van der Waals surface area contributed by atoms with Gasteiger partial charge >= 0.3 is 10.2 Å². The third kappa shape index (κ3) is 4.17. The molecule has 0 aliphatic carbocycles. The predicted molar refractivity (Wildman–Crippen MR) is 115 cm³/mol. The summed E-state index contributed by atoms with van der Waals surface area (Å²) in [7, 11) is -9.87. The van der Waals surface area contributed by atoms with Gasteiger partial charge in [0.1, 0.15) is 16.1 Å². The van der Waals surface area contributed by atoms with E-state index < -0.39 is 31.7 Å². The van der Waals surface area contributed by atoms with E-state index in [9.17, 15) is 29.6 Å². The van der Waals surface area contributed by atoms with Crippen molar-refractivity contribution >= 4 is 10.2 Å². The Balaban J connectivity index is 1.82. The standard InChI is InChI=1S/C21H23F5N4O3S/c1-19(2,31)18-29-17(30-33-18)13-8-15(10-27-9-13)21(32,20(3)11-28-12-20)14-4-6-16(7-5-14)34(22,23,24,25)26/h4-10,28,31-32H,11-12H2,1-3H3/t21-/m0/s1. The lowest BCUT2D eigenvalue weighted by Gasteiger charge is -2.52. The van der Waals surface area contributed by atoms with Crippen LogP contribution in [0.3, 0.4) is 0 Å². The van der Waals surface area contributed by atoms with Gasteiger partial charge in [0.25, 0.3) is 5.89 Å². The van der Waals surface area contributed by atoms with Crippen molar-refractivity contribution < 1.29 is 34.2 Å². The topological polar surface area (TPSA) is 104 Å². The Morgan fingerprint density at radius 2 is 1.62 bits per heavy atom. The molecule has 1 aliphatic heterocycles. The number of nitrogens with zero attached hydrogens (tertiary/aromatic N) is 3. The van der Waals surface area contributed by atoms with Gasteiger partial charge in [0.15, 0.2) is 0 Å². The van der Waals surface area contributed by atoms with Crippen molar-refractivity contribution in [3.05, 3.63) is 59.7 Å². The van der Waals surface area contributed by atoms with Gasteiger partial charge in [-0.1, -0.05) is 43.6 Å². The maximum atomic E-state index is 13.2. The fraction of sp³-hybridized carbons (Fsp3) is 0.381. The smallest absolute Gasteiger partial charge is 0.310 e. The minimum atomic E-state index is -9.87. The van der Waals surface area contributed by atoms with Crippen LogP contribution in [0.25, 0.3) is 11.4 Å². The lowest BCUT2D eigenvalue weighted by Crippen LogP contribution is -2.63. The number of halogens is 5. The van der Waals surface area contributed by atoms with Gasteiger partial charge in [-0.2, -0.15) is 4.98 Å². The normalized spacial score (nSPS) is 20.1. The Labute approximate surface area is 191 Å². The fourth-order valence-electron chi connectivity index (χ4n) is 3.92. The van der Waals surface area contributed by atoms with Crippen LogP contribution < -0.4 is 5.32 Å². The Morgan fingerprint density at radius 1 is 1.00 bits per heavy atom. The first kappa shape index (κ1) is 24.5. The Bertz CT molecular complexity index is 1240. The molecule has 0 unspecified atom stereocenters. The Hall–Kier alpha value is -2.61. The van der Waals surface area contributed by atoms with E-state index in [4.69, 9.17) is 4.52 Å². The van der Waals surface area contributed by atoms with Crippen molar-refractivity contribution in [2.45, 2.75) is 36.9 Å². The molecule has 13 heteroatoms. The maximum Gasteiger partial charge on any atom is 0.310 e. The molecule has 0 amide bonds. The van der Waals surface area contributed by atoms with E-state index in [0.29, 0.717) is 18.7 Å². The first-order valence-electron chi connectivity index (χ1n) is 10.1. The number of rotatable bonds is 6. The maximum absolute atomic E-state index is 13.2. The lowest BCUT2D eigenvalue weighted by molar-refractivity contribution is -0.0769. The summed E-state index contributed by atoms with van der Waals surface area (Å²) in [6, 6.07) is 3.76. The van der Waals surface area contributed by atoms with Crippen LogP contribution in [0.15, 0.2) is 52.1 Å². The van der Waals surface area contributed by atoms with Crippen molar-refractivity contribution in [2.75, 3.05) is 13.1 Å². The van der Waals surface area contributed by atoms with Crippen LogP contribution in [-0.4, -0.2) is 38.4 Å². The molecular formula is C21H23F5N4O3S. The molecule has 3 aromatic rings. The van der Waals surface area contributed by atoms with Gasteiger partial charge in [-0.05, 0) is 37.6 Å². The van der Waals surface area contributed by atoms with Crippen molar-refractivity contribution in [3.63, 3.8) is 0 Å².